The Hall–Kier alpha value is -5.41. The zero-order chi connectivity index (χ0) is 28.6. The van der Waals surface area contributed by atoms with E-state index in [0.29, 0.717) is 0 Å². The van der Waals surface area contributed by atoms with E-state index in [2.05, 4.69) is 149 Å². The van der Waals surface area contributed by atoms with Crippen molar-refractivity contribution in [2.75, 3.05) is 0 Å². The smallest absolute Gasteiger partial charge is 0.145 e. The Morgan fingerprint density at radius 2 is 1.28 bits per heavy atom. The molecule has 0 fully saturated rings. The summed E-state index contributed by atoms with van der Waals surface area (Å²) in [5.74, 6) is 0. The number of benzene rings is 5. The minimum Gasteiger partial charge on any atom is -0.360 e. The van der Waals surface area contributed by atoms with Gasteiger partial charge in [0, 0.05) is 28.0 Å². The van der Waals surface area contributed by atoms with Crippen molar-refractivity contribution in [3.05, 3.63) is 174 Å². The lowest BCUT2D eigenvalue weighted by Gasteiger charge is -2.25. The Morgan fingerprint density at radius 3 is 2.02 bits per heavy atom. The molecular weight excluding hydrogens is 522 g/mol. The number of para-hydroxylation sites is 1. The lowest BCUT2D eigenvalue weighted by Crippen LogP contribution is -2.24. The first-order valence-electron chi connectivity index (χ1n) is 15.0. The first-order chi connectivity index (χ1) is 21.3. The summed E-state index contributed by atoms with van der Waals surface area (Å²) in [4.78, 5) is 5.12. The zero-order valence-electron chi connectivity index (χ0n) is 23.8. The maximum absolute atomic E-state index is 5.12. The summed E-state index contributed by atoms with van der Waals surface area (Å²) in [5.41, 5.74) is 13.1. The van der Waals surface area contributed by atoms with Gasteiger partial charge in [0.25, 0.3) is 0 Å². The first kappa shape index (κ1) is 25.3. The molecular formula is C40H31N3. The largest absolute Gasteiger partial charge is 0.360 e. The molecule has 3 heteroatoms. The van der Waals surface area contributed by atoms with E-state index in [1.807, 2.05) is 12.1 Å². The van der Waals surface area contributed by atoms with Crippen molar-refractivity contribution in [2.24, 2.45) is 4.99 Å². The summed E-state index contributed by atoms with van der Waals surface area (Å²) < 4.78 is 2.44. The van der Waals surface area contributed by atoms with Crippen LogP contribution >= 0.6 is 0 Å². The van der Waals surface area contributed by atoms with E-state index >= 15 is 0 Å². The van der Waals surface area contributed by atoms with Crippen LogP contribution in [-0.2, 0) is 6.42 Å². The van der Waals surface area contributed by atoms with Crippen molar-refractivity contribution in [3.63, 3.8) is 0 Å². The van der Waals surface area contributed by atoms with E-state index in [9.17, 15) is 0 Å². The molecule has 206 valence electrons. The number of fused-ring (bicyclic) bond motifs is 3. The number of nitrogens with zero attached hydrogens (tertiary/aromatic N) is 2. The fourth-order valence-corrected chi connectivity index (χ4v) is 6.37. The molecule has 0 spiro atoms. The topological polar surface area (TPSA) is 29.3 Å². The molecule has 0 amide bonds. The van der Waals surface area contributed by atoms with Gasteiger partial charge < -0.3 is 9.88 Å². The highest BCUT2D eigenvalue weighted by Gasteiger charge is 2.20. The van der Waals surface area contributed by atoms with Gasteiger partial charge in [-0.15, -0.1) is 0 Å². The molecule has 0 saturated carbocycles. The van der Waals surface area contributed by atoms with Crippen LogP contribution in [0.3, 0.4) is 0 Å². The van der Waals surface area contributed by atoms with Crippen LogP contribution in [-0.4, -0.2) is 10.3 Å². The second-order valence-corrected chi connectivity index (χ2v) is 11.2. The minimum absolute atomic E-state index is 0.172. The van der Waals surface area contributed by atoms with Crippen LogP contribution in [0.1, 0.15) is 40.5 Å². The summed E-state index contributed by atoms with van der Waals surface area (Å²) in [5, 5.41) is 5.00. The van der Waals surface area contributed by atoms with Crippen LogP contribution in [0.2, 0.25) is 0 Å². The van der Waals surface area contributed by atoms with Gasteiger partial charge in [-0.1, -0.05) is 127 Å². The number of allylic oxidation sites excluding steroid dienone is 2. The predicted octanol–water partition coefficient (Wildman–Crippen LogP) is 9.39. The molecule has 1 unspecified atom stereocenters. The molecule has 43 heavy (non-hydrogen) atoms. The van der Waals surface area contributed by atoms with E-state index in [1.54, 1.807) is 0 Å². The second kappa shape index (κ2) is 10.8. The lowest BCUT2D eigenvalue weighted by atomic mass is 10.00. The van der Waals surface area contributed by atoms with Crippen LogP contribution < -0.4 is 5.32 Å². The summed E-state index contributed by atoms with van der Waals surface area (Å²) in [7, 11) is 0. The molecule has 8 rings (SSSR count). The van der Waals surface area contributed by atoms with Gasteiger partial charge in [-0.25, -0.2) is 0 Å². The van der Waals surface area contributed by atoms with Gasteiger partial charge in [-0.05, 0) is 64.9 Å². The van der Waals surface area contributed by atoms with Gasteiger partial charge in [-0.3, -0.25) is 4.99 Å². The monoisotopic (exact) mass is 553 g/mol. The number of nitrogens with one attached hydrogen (secondary N) is 1. The van der Waals surface area contributed by atoms with Crippen LogP contribution in [0.5, 0.6) is 0 Å². The molecule has 6 aromatic rings. The van der Waals surface area contributed by atoms with Gasteiger partial charge >= 0.3 is 0 Å². The molecule has 1 N–H and O–H groups in total. The third-order valence-electron chi connectivity index (χ3n) is 8.53. The van der Waals surface area contributed by atoms with E-state index in [0.717, 1.165) is 40.9 Å². The third-order valence-corrected chi connectivity index (χ3v) is 8.53. The summed E-state index contributed by atoms with van der Waals surface area (Å²) >= 11 is 0. The molecule has 5 aromatic carbocycles. The summed E-state index contributed by atoms with van der Waals surface area (Å²) in [6, 6.07) is 47.4. The summed E-state index contributed by atoms with van der Waals surface area (Å²) in [6.45, 7) is 0. The maximum Gasteiger partial charge on any atom is 0.145 e. The highest BCUT2D eigenvalue weighted by atomic mass is 15.1. The Labute approximate surface area is 252 Å². The number of rotatable bonds is 5. The molecule has 1 atom stereocenters. The number of hydrogen-bond acceptors (Lipinski definition) is 2. The molecule has 1 aromatic heterocycles. The maximum atomic E-state index is 5.12. The lowest BCUT2D eigenvalue weighted by molar-refractivity contribution is 0.664. The van der Waals surface area contributed by atoms with Crippen molar-refractivity contribution in [2.45, 2.75) is 19.0 Å². The zero-order valence-corrected chi connectivity index (χ0v) is 23.8. The van der Waals surface area contributed by atoms with E-state index in [4.69, 9.17) is 4.99 Å². The van der Waals surface area contributed by atoms with Crippen LogP contribution in [0.25, 0.3) is 39.5 Å². The highest BCUT2D eigenvalue weighted by Crippen LogP contribution is 2.35. The predicted molar refractivity (Wildman–Crippen MR) is 179 cm³/mol. The van der Waals surface area contributed by atoms with E-state index in [1.165, 1.54) is 39.0 Å². The molecule has 2 heterocycles. The van der Waals surface area contributed by atoms with E-state index < -0.39 is 0 Å². The van der Waals surface area contributed by atoms with Gasteiger partial charge in [0.1, 0.15) is 6.17 Å². The van der Waals surface area contributed by atoms with Gasteiger partial charge in [0.2, 0.25) is 0 Å². The summed E-state index contributed by atoms with van der Waals surface area (Å²) in [6.07, 6.45) is 8.71. The average molecular weight is 554 g/mol. The van der Waals surface area contributed by atoms with Gasteiger partial charge in [0.15, 0.2) is 0 Å². The van der Waals surface area contributed by atoms with Crippen molar-refractivity contribution in [1.29, 1.82) is 0 Å². The number of aliphatic imine (C=N–C) groups is 1. The Kier molecular flexibility index (Phi) is 6.34. The van der Waals surface area contributed by atoms with Crippen LogP contribution in [0.15, 0.2) is 151 Å². The molecule has 0 bridgehead atoms. The van der Waals surface area contributed by atoms with Crippen molar-refractivity contribution in [3.8, 4) is 16.8 Å². The van der Waals surface area contributed by atoms with Crippen molar-refractivity contribution >= 4 is 28.4 Å². The Morgan fingerprint density at radius 1 is 0.628 bits per heavy atom. The van der Waals surface area contributed by atoms with Gasteiger partial charge in [0.05, 0.1) is 11.2 Å². The fourth-order valence-electron chi connectivity index (χ4n) is 6.37. The van der Waals surface area contributed by atoms with Crippen LogP contribution in [0, 0.1) is 0 Å². The average Bonchev–Trinajstić information content (AvgIpc) is 3.43. The Balaban J connectivity index is 1.10. The quantitative estimate of drug-likeness (QED) is 0.226. The molecule has 1 aliphatic carbocycles. The fraction of sp³-hybridized carbons (Fsp3) is 0.0750. The third kappa shape index (κ3) is 4.69. The molecule has 2 aliphatic rings. The molecule has 3 nitrogen and oxygen atoms in total. The second-order valence-electron chi connectivity index (χ2n) is 11.2. The minimum atomic E-state index is -0.172. The first-order valence-corrected chi connectivity index (χ1v) is 15.0. The van der Waals surface area contributed by atoms with Gasteiger partial charge in [-0.2, -0.15) is 0 Å². The van der Waals surface area contributed by atoms with Crippen molar-refractivity contribution < 1.29 is 0 Å². The Bertz CT molecular complexity index is 2010. The normalized spacial score (nSPS) is 15.9. The highest BCUT2D eigenvalue weighted by molar-refractivity contribution is 6.13. The number of hydrogen-bond donors (Lipinski definition) is 1. The molecule has 0 radical (unpaired) electrons. The molecule has 1 aliphatic heterocycles. The standard InChI is InChI=1S/C40H31N3/c1-3-11-30(12-4-1)36-27-37(31-13-5-2-6-14-31)42-40(41-36)32-21-19-28(20-22-32)29-23-25-33(26-24-29)43-38-17-9-7-15-34(38)35-16-8-10-18-39(35)43/h1-9,11-17,19-27,40-41H,10,18H2. The van der Waals surface area contributed by atoms with Crippen molar-refractivity contribution in [1.82, 2.24) is 9.88 Å². The van der Waals surface area contributed by atoms with Crippen LogP contribution in [0.4, 0.5) is 0 Å². The number of aromatic nitrogens is 1. The molecule has 0 saturated heterocycles. The SMILES string of the molecule is C1=Cc2c(n(-c3ccc(-c4ccc(C5N=C(c6ccccc6)C=C(c6ccccc6)N5)cc4)cc3)c3ccccc23)CC1. The van der Waals surface area contributed by atoms with E-state index in [-0.39, 0.29) is 6.17 Å².